The van der Waals surface area contributed by atoms with Crippen molar-refractivity contribution in [3.05, 3.63) is 16.1 Å². The van der Waals surface area contributed by atoms with E-state index in [9.17, 15) is 0 Å². The van der Waals surface area contributed by atoms with Crippen molar-refractivity contribution in [2.45, 2.75) is 26.3 Å². The maximum atomic E-state index is 4.31. The first-order valence-corrected chi connectivity index (χ1v) is 6.49. The minimum atomic E-state index is 0.906. The van der Waals surface area contributed by atoms with Crippen LogP contribution in [0.1, 0.15) is 22.7 Å². The fourth-order valence-electron chi connectivity index (χ4n) is 1.48. The summed E-state index contributed by atoms with van der Waals surface area (Å²) in [7, 11) is 0. The van der Waals surface area contributed by atoms with Crippen LogP contribution >= 0.6 is 11.3 Å². The van der Waals surface area contributed by atoms with Crippen molar-refractivity contribution in [1.82, 2.24) is 15.6 Å². The molecule has 0 atom stereocenters. The number of hydrogen-bond donors (Lipinski definition) is 2. The average molecular weight is 225 g/mol. The molecule has 0 aliphatic heterocycles. The maximum Gasteiger partial charge on any atom is 0.107 e. The van der Waals surface area contributed by atoms with Crippen molar-refractivity contribution in [2.24, 2.45) is 5.92 Å². The highest BCUT2D eigenvalue weighted by molar-refractivity contribution is 7.11. The maximum absolute atomic E-state index is 4.31. The fourth-order valence-corrected chi connectivity index (χ4v) is 2.24. The van der Waals surface area contributed by atoms with E-state index in [1.54, 1.807) is 11.3 Å². The van der Waals surface area contributed by atoms with Crippen LogP contribution in [0.5, 0.6) is 0 Å². The Morgan fingerprint density at radius 2 is 2.20 bits per heavy atom. The molecule has 1 heterocycles. The fraction of sp³-hybridized carbons (Fsp3) is 0.727. The van der Waals surface area contributed by atoms with E-state index < -0.39 is 0 Å². The van der Waals surface area contributed by atoms with Crippen LogP contribution in [0.2, 0.25) is 0 Å². The van der Waals surface area contributed by atoms with Crippen LogP contribution in [-0.4, -0.2) is 24.6 Å². The van der Waals surface area contributed by atoms with Crippen LogP contribution in [0.4, 0.5) is 0 Å². The highest BCUT2D eigenvalue weighted by Gasteiger charge is 2.19. The molecule has 2 N–H and O–H groups in total. The zero-order valence-electron chi connectivity index (χ0n) is 9.25. The Kier molecular flexibility index (Phi) is 4.11. The van der Waals surface area contributed by atoms with Crippen molar-refractivity contribution in [3.63, 3.8) is 0 Å². The summed E-state index contributed by atoms with van der Waals surface area (Å²) in [5.41, 5.74) is 0. The standard InChI is InChI=1S/C11H19N3S/c1-9-6-14-11(15-9)8-13-5-4-12-7-10-2-3-10/h6,10,12-13H,2-5,7-8H2,1H3. The van der Waals surface area contributed by atoms with Gasteiger partial charge in [0.25, 0.3) is 0 Å². The van der Waals surface area contributed by atoms with Gasteiger partial charge in [0, 0.05) is 30.7 Å². The molecule has 4 heteroatoms. The Morgan fingerprint density at radius 3 is 2.87 bits per heavy atom. The number of rotatable bonds is 7. The van der Waals surface area contributed by atoms with Gasteiger partial charge in [-0.1, -0.05) is 0 Å². The summed E-state index contributed by atoms with van der Waals surface area (Å²) >= 11 is 1.77. The first kappa shape index (κ1) is 11.0. The Balaban J connectivity index is 1.47. The van der Waals surface area contributed by atoms with E-state index in [-0.39, 0.29) is 0 Å². The second-order valence-corrected chi connectivity index (χ2v) is 5.51. The highest BCUT2D eigenvalue weighted by atomic mass is 32.1. The quantitative estimate of drug-likeness (QED) is 0.691. The van der Waals surface area contributed by atoms with Gasteiger partial charge in [0.2, 0.25) is 0 Å². The molecule has 1 aromatic rings. The van der Waals surface area contributed by atoms with Crippen LogP contribution < -0.4 is 10.6 Å². The first-order chi connectivity index (χ1) is 7.34. The van der Waals surface area contributed by atoms with Crippen molar-refractivity contribution in [2.75, 3.05) is 19.6 Å². The first-order valence-electron chi connectivity index (χ1n) is 5.67. The predicted molar refractivity (Wildman–Crippen MR) is 64.2 cm³/mol. The van der Waals surface area contributed by atoms with E-state index in [1.165, 1.54) is 29.3 Å². The molecule has 1 saturated carbocycles. The number of aromatic nitrogens is 1. The molecule has 0 spiro atoms. The summed E-state index contributed by atoms with van der Waals surface area (Å²) < 4.78 is 0. The van der Waals surface area contributed by atoms with Crippen molar-refractivity contribution in [3.8, 4) is 0 Å². The van der Waals surface area contributed by atoms with Crippen molar-refractivity contribution < 1.29 is 0 Å². The van der Waals surface area contributed by atoms with E-state index in [1.807, 2.05) is 6.20 Å². The predicted octanol–water partition coefficient (Wildman–Crippen LogP) is 1.54. The SMILES string of the molecule is Cc1cnc(CNCCNCC2CC2)s1. The van der Waals surface area contributed by atoms with Crippen LogP contribution in [0.25, 0.3) is 0 Å². The largest absolute Gasteiger partial charge is 0.315 e. The molecule has 0 unspecified atom stereocenters. The van der Waals surface area contributed by atoms with Crippen molar-refractivity contribution >= 4 is 11.3 Å². The number of nitrogens with one attached hydrogen (secondary N) is 2. The minimum absolute atomic E-state index is 0.906. The molecule has 0 bridgehead atoms. The molecular formula is C11H19N3S. The van der Waals surface area contributed by atoms with Gasteiger partial charge in [0.05, 0.1) is 0 Å². The average Bonchev–Trinajstić information content (AvgIpc) is 2.95. The van der Waals surface area contributed by atoms with Gasteiger partial charge in [-0.3, -0.25) is 0 Å². The van der Waals surface area contributed by atoms with Crippen LogP contribution in [-0.2, 0) is 6.54 Å². The van der Waals surface area contributed by atoms with E-state index in [2.05, 4.69) is 22.5 Å². The zero-order chi connectivity index (χ0) is 10.5. The molecule has 0 amide bonds. The molecule has 1 fully saturated rings. The zero-order valence-corrected chi connectivity index (χ0v) is 10.1. The summed E-state index contributed by atoms with van der Waals surface area (Å²) in [4.78, 5) is 5.60. The lowest BCUT2D eigenvalue weighted by atomic mass is 10.4. The van der Waals surface area contributed by atoms with Crippen LogP contribution in [0.3, 0.4) is 0 Å². The number of thiazole rings is 1. The lowest BCUT2D eigenvalue weighted by molar-refractivity contribution is 0.589. The summed E-state index contributed by atoms with van der Waals surface area (Å²) in [5.74, 6) is 0.978. The number of hydrogen-bond acceptors (Lipinski definition) is 4. The Bertz CT molecular complexity index is 294. The Labute approximate surface area is 95.3 Å². The highest BCUT2D eigenvalue weighted by Crippen LogP contribution is 2.27. The summed E-state index contributed by atoms with van der Waals surface area (Å²) in [5, 5.41) is 8.04. The minimum Gasteiger partial charge on any atom is -0.315 e. The van der Waals surface area contributed by atoms with Gasteiger partial charge < -0.3 is 10.6 Å². The van der Waals surface area contributed by atoms with Gasteiger partial charge >= 0.3 is 0 Å². The summed E-state index contributed by atoms with van der Waals surface area (Å²) in [6.45, 7) is 6.31. The van der Waals surface area contributed by atoms with Crippen LogP contribution in [0.15, 0.2) is 6.20 Å². The third-order valence-electron chi connectivity index (χ3n) is 2.55. The van der Waals surface area contributed by atoms with E-state index in [4.69, 9.17) is 0 Å². The third kappa shape index (κ3) is 4.28. The van der Waals surface area contributed by atoms with Gasteiger partial charge in [-0.25, -0.2) is 4.98 Å². The van der Waals surface area contributed by atoms with Gasteiger partial charge in [0.15, 0.2) is 0 Å². The normalized spacial score (nSPS) is 15.8. The van der Waals surface area contributed by atoms with E-state index >= 15 is 0 Å². The molecule has 84 valence electrons. The van der Waals surface area contributed by atoms with Crippen molar-refractivity contribution in [1.29, 1.82) is 0 Å². The third-order valence-corrected chi connectivity index (χ3v) is 3.47. The molecule has 15 heavy (non-hydrogen) atoms. The Morgan fingerprint density at radius 1 is 1.40 bits per heavy atom. The molecular weight excluding hydrogens is 206 g/mol. The number of nitrogens with zero attached hydrogens (tertiary/aromatic N) is 1. The lowest BCUT2D eigenvalue weighted by Crippen LogP contribution is -2.28. The van der Waals surface area contributed by atoms with Gasteiger partial charge in [0.1, 0.15) is 5.01 Å². The topological polar surface area (TPSA) is 37.0 Å². The smallest absolute Gasteiger partial charge is 0.107 e. The molecule has 0 saturated heterocycles. The molecule has 0 radical (unpaired) electrons. The van der Waals surface area contributed by atoms with E-state index in [0.29, 0.717) is 0 Å². The van der Waals surface area contributed by atoms with Gasteiger partial charge in [-0.15, -0.1) is 11.3 Å². The molecule has 1 aliphatic rings. The molecule has 3 nitrogen and oxygen atoms in total. The molecule has 2 rings (SSSR count). The Hall–Kier alpha value is -0.450. The van der Waals surface area contributed by atoms with E-state index in [0.717, 1.165) is 25.6 Å². The second-order valence-electron chi connectivity index (χ2n) is 4.19. The van der Waals surface area contributed by atoms with Crippen LogP contribution in [0, 0.1) is 12.8 Å². The number of aryl methyl sites for hydroxylation is 1. The summed E-state index contributed by atoms with van der Waals surface area (Å²) in [6, 6.07) is 0. The van der Waals surface area contributed by atoms with Gasteiger partial charge in [-0.05, 0) is 32.2 Å². The summed E-state index contributed by atoms with van der Waals surface area (Å²) in [6.07, 6.45) is 4.80. The molecule has 1 aliphatic carbocycles. The second kappa shape index (κ2) is 5.58. The van der Waals surface area contributed by atoms with Gasteiger partial charge in [-0.2, -0.15) is 0 Å². The molecule has 0 aromatic carbocycles. The lowest BCUT2D eigenvalue weighted by Gasteiger charge is -2.04. The monoisotopic (exact) mass is 225 g/mol. The molecule has 1 aromatic heterocycles.